The van der Waals surface area contributed by atoms with E-state index in [1.807, 2.05) is 12.1 Å². The number of benzene rings is 1. The number of imidazole rings is 1. The number of hydrogen-bond acceptors (Lipinski definition) is 2. The topological polar surface area (TPSA) is 41.6 Å². The molecule has 21 heavy (non-hydrogen) atoms. The van der Waals surface area contributed by atoms with E-state index in [9.17, 15) is 5.26 Å². The summed E-state index contributed by atoms with van der Waals surface area (Å²) in [6.45, 7) is 4.66. The van der Waals surface area contributed by atoms with E-state index in [2.05, 4.69) is 35.5 Å². The van der Waals surface area contributed by atoms with Crippen LogP contribution in [0.4, 0.5) is 0 Å². The number of halogens is 1. The Kier molecular flexibility index (Phi) is 3.91. The van der Waals surface area contributed by atoms with Gasteiger partial charge in [-0.05, 0) is 30.4 Å². The standard InChI is InChI=1S/C17H20ClN3/c1-11-5-3-7-14(12(11)2)21-15-8-4-6-13(10-19)17(15)20-16(21)9-18/h4,6,8,11-12,14H,3,5,7,9H2,1-2H3. The molecule has 1 fully saturated rings. The number of hydrogen-bond donors (Lipinski definition) is 0. The average Bonchev–Trinajstić information content (AvgIpc) is 2.88. The van der Waals surface area contributed by atoms with Crippen LogP contribution in [0, 0.1) is 23.2 Å². The van der Waals surface area contributed by atoms with Gasteiger partial charge in [-0.15, -0.1) is 11.6 Å². The molecule has 0 amide bonds. The van der Waals surface area contributed by atoms with Crippen molar-refractivity contribution in [3.8, 4) is 6.07 Å². The van der Waals surface area contributed by atoms with Gasteiger partial charge in [0.15, 0.2) is 0 Å². The normalized spacial score (nSPS) is 25.9. The van der Waals surface area contributed by atoms with Crippen molar-refractivity contribution in [3.63, 3.8) is 0 Å². The summed E-state index contributed by atoms with van der Waals surface area (Å²) in [6, 6.07) is 8.49. The SMILES string of the molecule is CC1CCCC(n2c(CCl)nc3c(C#N)cccc32)C1C. The van der Waals surface area contributed by atoms with Crippen LogP contribution in [0.2, 0.25) is 0 Å². The van der Waals surface area contributed by atoms with Crippen LogP contribution in [-0.4, -0.2) is 9.55 Å². The highest BCUT2D eigenvalue weighted by Gasteiger charge is 2.31. The van der Waals surface area contributed by atoms with Gasteiger partial charge in [-0.25, -0.2) is 4.98 Å². The minimum atomic E-state index is 0.386. The number of nitrogens with zero attached hydrogens (tertiary/aromatic N) is 3. The van der Waals surface area contributed by atoms with E-state index in [-0.39, 0.29) is 0 Å². The molecule has 3 rings (SSSR count). The molecule has 4 heteroatoms. The molecule has 3 unspecified atom stereocenters. The Balaban J connectivity index is 2.19. The Labute approximate surface area is 130 Å². The van der Waals surface area contributed by atoms with Crippen LogP contribution in [0.1, 0.15) is 50.5 Å². The van der Waals surface area contributed by atoms with Crippen molar-refractivity contribution in [2.45, 2.75) is 45.0 Å². The van der Waals surface area contributed by atoms with Gasteiger partial charge in [-0.2, -0.15) is 5.26 Å². The van der Waals surface area contributed by atoms with Crippen LogP contribution < -0.4 is 0 Å². The number of aromatic nitrogens is 2. The molecule has 0 saturated heterocycles. The van der Waals surface area contributed by atoms with Gasteiger partial charge in [-0.3, -0.25) is 0 Å². The zero-order valence-corrected chi connectivity index (χ0v) is 13.3. The summed E-state index contributed by atoms with van der Waals surface area (Å²) in [4.78, 5) is 4.65. The van der Waals surface area contributed by atoms with Gasteiger partial charge in [0.2, 0.25) is 0 Å². The van der Waals surface area contributed by atoms with E-state index in [0.717, 1.165) is 23.3 Å². The number of rotatable bonds is 2. The van der Waals surface area contributed by atoms with Crippen LogP contribution >= 0.6 is 11.6 Å². The number of nitriles is 1. The monoisotopic (exact) mass is 301 g/mol. The maximum Gasteiger partial charge on any atom is 0.125 e. The van der Waals surface area contributed by atoms with Crippen molar-refractivity contribution < 1.29 is 0 Å². The highest BCUT2D eigenvalue weighted by molar-refractivity contribution is 6.16. The summed E-state index contributed by atoms with van der Waals surface area (Å²) >= 11 is 6.14. The molecule has 1 aromatic heterocycles. The smallest absolute Gasteiger partial charge is 0.125 e. The molecule has 0 radical (unpaired) electrons. The van der Waals surface area contributed by atoms with Crippen molar-refractivity contribution in [3.05, 3.63) is 29.6 Å². The maximum atomic E-state index is 9.28. The first-order valence-corrected chi connectivity index (χ1v) is 8.16. The van der Waals surface area contributed by atoms with Gasteiger partial charge in [0.05, 0.1) is 17.0 Å². The Morgan fingerprint density at radius 2 is 2.19 bits per heavy atom. The lowest BCUT2D eigenvalue weighted by Gasteiger charge is -2.36. The van der Waals surface area contributed by atoms with Crippen molar-refractivity contribution in [1.29, 1.82) is 5.26 Å². The minimum Gasteiger partial charge on any atom is -0.324 e. The third kappa shape index (κ3) is 2.32. The number of para-hydroxylation sites is 1. The predicted molar refractivity (Wildman–Crippen MR) is 85.2 cm³/mol. The van der Waals surface area contributed by atoms with Gasteiger partial charge in [0, 0.05) is 6.04 Å². The first kappa shape index (κ1) is 14.4. The molecule has 0 bridgehead atoms. The predicted octanol–water partition coefficient (Wildman–Crippen LogP) is 4.64. The largest absolute Gasteiger partial charge is 0.324 e. The summed E-state index contributed by atoms with van der Waals surface area (Å²) in [5.41, 5.74) is 2.48. The van der Waals surface area contributed by atoms with Crippen molar-refractivity contribution in [2.24, 2.45) is 11.8 Å². The fraction of sp³-hybridized carbons (Fsp3) is 0.529. The fourth-order valence-electron chi connectivity index (χ4n) is 3.64. The minimum absolute atomic E-state index is 0.386. The van der Waals surface area contributed by atoms with Crippen LogP contribution in [0.3, 0.4) is 0 Å². The lowest BCUT2D eigenvalue weighted by Crippen LogP contribution is -2.27. The van der Waals surface area contributed by atoms with Gasteiger partial charge >= 0.3 is 0 Å². The second-order valence-corrected chi connectivity index (χ2v) is 6.42. The van der Waals surface area contributed by atoms with Crippen molar-refractivity contribution in [1.82, 2.24) is 9.55 Å². The Morgan fingerprint density at radius 1 is 1.38 bits per heavy atom. The van der Waals surface area contributed by atoms with Gasteiger partial charge < -0.3 is 4.57 Å². The molecule has 3 atom stereocenters. The first-order chi connectivity index (χ1) is 10.2. The zero-order chi connectivity index (χ0) is 15.0. The second kappa shape index (κ2) is 5.69. The summed E-state index contributed by atoms with van der Waals surface area (Å²) in [6.07, 6.45) is 3.71. The molecule has 1 aliphatic rings. The molecule has 1 aliphatic carbocycles. The van der Waals surface area contributed by atoms with E-state index in [0.29, 0.717) is 29.3 Å². The first-order valence-electron chi connectivity index (χ1n) is 7.63. The third-order valence-corrected chi connectivity index (χ3v) is 5.27. The Morgan fingerprint density at radius 3 is 2.90 bits per heavy atom. The summed E-state index contributed by atoms with van der Waals surface area (Å²) in [5.74, 6) is 2.59. The molecule has 0 spiro atoms. The highest BCUT2D eigenvalue weighted by atomic mass is 35.5. The number of alkyl halides is 1. The summed E-state index contributed by atoms with van der Waals surface area (Å²) in [7, 11) is 0. The van der Waals surface area contributed by atoms with E-state index >= 15 is 0 Å². The molecule has 3 nitrogen and oxygen atoms in total. The van der Waals surface area contributed by atoms with E-state index in [1.165, 1.54) is 12.8 Å². The number of fused-ring (bicyclic) bond motifs is 1. The highest BCUT2D eigenvalue weighted by Crippen LogP contribution is 2.40. The fourth-order valence-corrected chi connectivity index (χ4v) is 3.83. The van der Waals surface area contributed by atoms with Crippen LogP contribution in [0.5, 0.6) is 0 Å². The molecular weight excluding hydrogens is 282 g/mol. The van der Waals surface area contributed by atoms with Gasteiger partial charge in [0.1, 0.15) is 17.4 Å². The van der Waals surface area contributed by atoms with Gasteiger partial charge in [0.25, 0.3) is 0 Å². The zero-order valence-electron chi connectivity index (χ0n) is 12.5. The molecule has 110 valence electrons. The lowest BCUT2D eigenvalue weighted by molar-refractivity contribution is 0.187. The molecule has 1 aromatic carbocycles. The second-order valence-electron chi connectivity index (χ2n) is 6.15. The van der Waals surface area contributed by atoms with Crippen molar-refractivity contribution >= 4 is 22.6 Å². The van der Waals surface area contributed by atoms with Crippen LogP contribution in [0.25, 0.3) is 11.0 Å². The lowest BCUT2D eigenvalue weighted by atomic mass is 9.78. The Bertz CT molecular complexity index is 698. The molecule has 2 aromatic rings. The molecule has 0 aliphatic heterocycles. The average molecular weight is 302 g/mol. The summed E-state index contributed by atoms with van der Waals surface area (Å²) < 4.78 is 2.30. The van der Waals surface area contributed by atoms with E-state index in [1.54, 1.807) is 0 Å². The summed E-state index contributed by atoms with van der Waals surface area (Å²) in [5, 5.41) is 9.28. The third-order valence-electron chi connectivity index (χ3n) is 5.03. The Hall–Kier alpha value is -1.53. The molecule has 1 saturated carbocycles. The van der Waals surface area contributed by atoms with Gasteiger partial charge in [-0.1, -0.05) is 32.8 Å². The molecule has 1 heterocycles. The maximum absolute atomic E-state index is 9.28. The molecular formula is C17H20ClN3. The van der Waals surface area contributed by atoms with E-state index in [4.69, 9.17) is 11.6 Å². The van der Waals surface area contributed by atoms with E-state index < -0.39 is 0 Å². The molecule has 0 N–H and O–H groups in total. The quantitative estimate of drug-likeness (QED) is 0.758. The van der Waals surface area contributed by atoms with Crippen LogP contribution in [-0.2, 0) is 5.88 Å². The van der Waals surface area contributed by atoms with Crippen molar-refractivity contribution in [2.75, 3.05) is 0 Å². The van der Waals surface area contributed by atoms with Crippen LogP contribution in [0.15, 0.2) is 18.2 Å².